The van der Waals surface area contributed by atoms with E-state index in [1.165, 1.54) is 28.4 Å². The van der Waals surface area contributed by atoms with Crippen molar-refractivity contribution in [3.05, 3.63) is 76.5 Å². The van der Waals surface area contributed by atoms with Crippen LogP contribution in [0.2, 0.25) is 0 Å². The normalized spacial score (nSPS) is 15.7. The van der Waals surface area contributed by atoms with E-state index in [0.29, 0.717) is 16.6 Å². The van der Waals surface area contributed by atoms with Crippen LogP contribution in [0.5, 0.6) is 5.75 Å². The van der Waals surface area contributed by atoms with Crippen molar-refractivity contribution in [3.8, 4) is 5.75 Å². The van der Waals surface area contributed by atoms with Crippen molar-refractivity contribution in [3.63, 3.8) is 0 Å². The van der Waals surface area contributed by atoms with Crippen molar-refractivity contribution in [2.24, 2.45) is 5.92 Å². The lowest BCUT2D eigenvalue weighted by atomic mass is 10.1. The van der Waals surface area contributed by atoms with Crippen LogP contribution in [-0.2, 0) is 9.59 Å². The van der Waals surface area contributed by atoms with E-state index in [-0.39, 0.29) is 30.3 Å². The Balaban J connectivity index is 1.37. The maximum Gasteiger partial charge on any atom is 0.316 e. The number of amides is 2. The van der Waals surface area contributed by atoms with Crippen LogP contribution in [0.3, 0.4) is 0 Å². The summed E-state index contributed by atoms with van der Waals surface area (Å²) in [5.74, 6) is -3.40. The highest BCUT2D eigenvalue weighted by molar-refractivity contribution is 7.12. The number of hydrogen-bond acceptors (Lipinski definition) is 5. The zero-order chi connectivity index (χ0) is 22.0. The van der Waals surface area contributed by atoms with Crippen LogP contribution in [0.4, 0.5) is 20.2 Å². The largest absolute Gasteiger partial charge is 0.426 e. The van der Waals surface area contributed by atoms with Crippen molar-refractivity contribution < 1.29 is 27.9 Å². The molecule has 2 heterocycles. The van der Waals surface area contributed by atoms with Gasteiger partial charge in [0, 0.05) is 30.4 Å². The maximum atomic E-state index is 13.4. The molecular weight excluding hydrogens is 426 g/mol. The number of halogens is 2. The van der Waals surface area contributed by atoms with Crippen LogP contribution >= 0.6 is 11.3 Å². The molecule has 1 unspecified atom stereocenters. The van der Waals surface area contributed by atoms with Crippen LogP contribution in [0.25, 0.3) is 0 Å². The van der Waals surface area contributed by atoms with E-state index in [0.717, 1.165) is 12.1 Å². The highest BCUT2D eigenvalue weighted by Gasteiger charge is 2.36. The van der Waals surface area contributed by atoms with Gasteiger partial charge in [-0.05, 0) is 47.8 Å². The number of rotatable bonds is 5. The Morgan fingerprint density at radius 3 is 2.42 bits per heavy atom. The van der Waals surface area contributed by atoms with Gasteiger partial charge in [-0.2, -0.15) is 0 Å². The first-order chi connectivity index (χ1) is 14.9. The van der Waals surface area contributed by atoms with E-state index in [1.54, 1.807) is 29.6 Å². The molecule has 0 aliphatic carbocycles. The molecule has 31 heavy (non-hydrogen) atoms. The predicted octanol–water partition coefficient (Wildman–Crippen LogP) is 4.24. The molecular formula is C22H16F2N2O4S. The number of esters is 1. The lowest BCUT2D eigenvalue weighted by Gasteiger charge is -2.16. The van der Waals surface area contributed by atoms with E-state index in [1.807, 2.05) is 0 Å². The lowest BCUT2D eigenvalue weighted by Crippen LogP contribution is -2.27. The third kappa shape index (κ3) is 4.77. The minimum Gasteiger partial charge on any atom is -0.426 e. The number of carbonyl (C=O) groups is 3. The lowest BCUT2D eigenvalue weighted by molar-refractivity contribution is -0.139. The molecule has 3 aromatic rings. The Hall–Kier alpha value is -3.59. The van der Waals surface area contributed by atoms with Gasteiger partial charge in [-0.3, -0.25) is 14.4 Å². The van der Waals surface area contributed by atoms with Crippen LogP contribution in [0.15, 0.2) is 60.0 Å². The van der Waals surface area contributed by atoms with Crippen molar-refractivity contribution in [2.75, 3.05) is 16.8 Å². The predicted molar refractivity (Wildman–Crippen MR) is 111 cm³/mol. The molecule has 1 aromatic heterocycles. The molecule has 9 heteroatoms. The first-order valence-corrected chi connectivity index (χ1v) is 10.2. The molecule has 2 amide bonds. The van der Waals surface area contributed by atoms with E-state index in [4.69, 9.17) is 4.74 Å². The summed E-state index contributed by atoms with van der Waals surface area (Å²) in [6.45, 7) is -0.0322. The third-order valence-corrected chi connectivity index (χ3v) is 5.56. The Labute approximate surface area is 180 Å². The van der Waals surface area contributed by atoms with Gasteiger partial charge in [-0.25, -0.2) is 8.78 Å². The molecule has 4 rings (SSSR count). The number of nitrogens with zero attached hydrogens (tertiary/aromatic N) is 1. The summed E-state index contributed by atoms with van der Waals surface area (Å²) in [7, 11) is 0. The molecule has 1 aliphatic rings. The summed E-state index contributed by atoms with van der Waals surface area (Å²) in [5.41, 5.74) is 0.595. The fraction of sp³-hybridized carbons (Fsp3) is 0.136. The third-order valence-electron chi connectivity index (χ3n) is 4.69. The summed E-state index contributed by atoms with van der Waals surface area (Å²) in [4.78, 5) is 38.5. The van der Waals surface area contributed by atoms with Crippen LogP contribution < -0.4 is 15.0 Å². The Kier molecular flexibility index (Phi) is 5.77. The summed E-state index contributed by atoms with van der Waals surface area (Å²) < 4.78 is 32.2. The number of thiophene rings is 1. The smallest absolute Gasteiger partial charge is 0.316 e. The van der Waals surface area contributed by atoms with Gasteiger partial charge in [0.2, 0.25) is 5.91 Å². The van der Waals surface area contributed by atoms with E-state index >= 15 is 0 Å². The molecule has 1 N–H and O–H groups in total. The second kappa shape index (κ2) is 8.65. The zero-order valence-electron chi connectivity index (χ0n) is 16.0. The van der Waals surface area contributed by atoms with Crippen molar-refractivity contribution in [2.45, 2.75) is 6.42 Å². The van der Waals surface area contributed by atoms with Crippen molar-refractivity contribution in [1.29, 1.82) is 0 Å². The standard InChI is InChI=1S/C22H16F2N2O4S/c23-14-9-15(24)11-17(10-14)26-12-13(8-20(26)27)22(29)30-18-5-3-16(4-6-18)25-21(28)19-2-1-7-31-19/h1-7,9-11,13H,8,12H2,(H,25,28). The van der Waals surface area contributed by atoms with Gasteiger partial charge in [0.25, 0.3) is 5.91 Å². The first-order valence-electron chi connectivity index (χ1n) is 9.32. The van der Waals surface area contributed by atoms with Gasteiger partial charge in [0.05, 0.1) is 10.8 Å². The number of carbonyl (C=O) groups excluding carboxylic acids is 3. The van der Waals surface area contributed by atoms with Gasteiger partial charge in [-0.1, -0.05) is 6.07 Å². The Bertz CT molecular complexity index is 1110. The molecule has 1 aliphatic heterocycles. The monoisotopic (exact) mass is 442 g/mol. The second-order valence-corrected chi connectivity index (χ2v) is 7.86. The average Bonchev–Trinajstić information content (AvgIpc) is 3.39. The van der Waals surface area contributed by atoms with Gasteiger partial charge in [0.1, 0.15) is 17.4 Å². The zero-order valence-corrected chi connectivity index (χ0v) is 16.8. The number of benzene rings is 2. The topological polar surface area (TPSA) is 75.7 Å². The Morgan fingerprint density at radius 1 is 1.06 bits per heavy atom. The fourth-order valence-electron chi connectivity index (χ4n) is 3.22. The van der Waals surface area contributed by atoms with Gasteiger partial charge < -0.3 is 15.0 Å². The van der Waals surface area contributed by atoms with Gasteiger partial charge in [-0.15, -0.1) is 11.3 Å². The Morgan fingerprint density at radius 2 is 1.77 bits per heavy atom. The highest BCUT2D eigenvalue weighted by atomic mass is 32.1. The van der Waals surface area contributed by atoms with Crippen molar-refractivity contribution in [1.82, 2.24) is 0 Å². The molecule has 1 saturated heterocycles. The minimum absolute atomic E-state index is 0.0322. The number of hydrogen-bond donors (Lipinski definition) is 1. The molecule has 1 atom stereocenters. The average molecular weight is 442 g/mol. The summed E-state index contributed by atoms with van der Waals surface area (Å²) >= 11 is 1.32. The number of anilines is 2. The van der Waals surface area contributed by atoms with E-state index in [9.17, 15) is 23.2 Å². The maximum absolute atomic E-state index is 13.4. The molecule has 0 bridgehead atoms. The first kappa shape index (κ1) is 20.7. The van der Waals surface area contributed by atoms with Crippen LogP contribution in [0.1, 0.15) is 16.1 Å². The van der Waals surface area contributed by atoms with Crippen molar-refractivity contribution >= 4 is 40.5 Å². The summed E-state index contributed by atoms with van der Waals surface area (Å²) in [6.07, 6.45) is -0.119. The van der Waals surface area contributed by atoms with Crippen LogP contribution in [-0.4, -0.2) is 24.3 Å². The fourth-order valence-corrected chi connectivity index (χ4v) is 3.84. The quantitative estimate of drug-likeness (QED) is 0.474. The molecule has 0 saturated carbocycles. The second-order valence-electron chi connectivity index (χ2n) is 6.91. The van der Waals surface area contributed by atoms with E-state index in [2.05, 4.69) is 5.32 Å². The SMILES string of the molecule is O=C(Nc1ccc(OC(=O)C2CC(=O)N(c3cc(F)cc(F)c3)C2)cc1)c1cccs1. The molecule has 0 radical (unpaired) electrons. The van der Waals surface area contributed by atoms with Crippen LogP contribution in [0, 0.1) is 17.6 Å². The molecule has 158 valence electrons. The summed E-state index contributed by atoms with van der Waals surface area (Å²) in [6, 6.07) is 12.5. The molecule has 0 spiro atoms. The van der Waals surface area contributed by atoms with Gasteiger partial charge in [0.15, 0.2) is 0 Å². The van der Waals surface area contributed by atoms with Gasteiger partial charge >= 0.3 is 5.97 Å². The number of nitrogens with one attached hydrogen (secondary N) is 1. The molecule has 6 nitrogen and oxygen atoms in total. The highest BCUT2D eigenvalue weighted by Crippen LogP contribution is 2.28. The number of ether oxygens (including phenoxy) is 1. The molecule has 2 aromatic carbocycles. The minimum atomic E-state index is -0.805. The molecule has 1 fully saturated rings. The summed E-state index contributed by atoms with van der Waals surface area (Å²) in [5, 5.41) is 4.54. The van der Waals surface area contributed by atoms with E-state index < -0.39 is 29.4 Å².